The van der Waals surface area contributed by atoms with Gasteiger partial charge in [0.25, 0.3) is 0 Å². The smallest absolute Gasteiger partial charge is 0.405 e. The van der Waals surface area contributed by atoms with Gasteiger partial charge in [-0.15, -0.1) is 0 Å². The Morgan fingerprint density at radius 1 is 0.930 bits per heavy atom. The highest BCUT2D eigenvalue weighted by Crippen LogP contribution is 2.29. The number of anilines is 1. The van der Waals surface area contributed by atoms with Gasteiger partial charge >= 0.3 is 6.09 Å². The third-order valence-corrected chi connectivity index (χ3v) is 7.21. The summed E-state index contributed by atoms with van der Waals surface area (Å²) in [5, 5.41) is 17.8. The molecule has 9 nitrogen and oxygen atoms in total. The third-order valence-electron chi connectivity index (χ3n) is 6.40. The van der Waals surface area contributed by atoms with E-state index in [1.165, 1.54) is 0 Å². The Hall–Kier alpha value is -3.60. The molecule has 0 saturated carbocycles. The molecule has 0 aliphatic carbocycles. The van der Waals surface area contributed by atoms with Crippen molar-refractivity contribution in [1.82, 2.24) is 10.6 Å². The molecule has 0 saturated heterocycles. The van der Waals surface area contributed by atoms with Gasteiger partial charge in [0.2, 0.25) is 11.8 Å². The summed E-state index contributed by atoms with van der Waals surface area (Å²) in [6.07, 6.45) is -1.43. The number of ether oxygens (including phenoxy) is 2. The first-order chi connectivity index (χ1) is 20.3. The predicted molar refractivity (Wildman–Crippen MR) is 170 cm³/mol. The quantitative estimate of drug-likeness (QED) is 0.150. The lowest BCUT2D eigenvalue weighted by molar-refractivity contribution is -0.140. The fraction of sp³-hybridized carbons (Fsp3) is 0.344. The fourth-order valence-electron chi connectivity index (χ4n) is 4.63. The number of carbonyl (C=O) groups is 3. The Morgan fingerprint density at radius 3 is 2.14 bits per heavy atom. The Kier molecular flexibility index (Phi) is 12.0. The lowest BCUT2D eigenvalue weighted by Crippen LogP contribution is -2.51. The van der Waals surface area contributed by atoms with E-state index in [9.17, 15) is 19.5 Å². The van der Waals surface area contributed by atoms with E-state index in [2.05, 4.69) is 31.9 Å². The number of rotatable bonds is 12. The summed E-state index contributed by atoms with van der Waals surface area (Å²) < 4.78 is 12.3. The summed E-state index contributed by atoms with van der Waals surface area (Å²) >= 11 is 9.70. The van der Waals surface area contributed by atoms with Gasteiger partial charge in [0, 0.05) is 10.4 Å². The van der Waals surface area contributed by atoms with Gasteiger partial charge in [-0.05, 0) is 75.6 Å². The molecule has 3 rings (SSSR count). The van der Waals surface area contributed by atoms with Gasteiger partial charge in [0.05, 0.1) is 16.3 Å². The average molecular weight is 675 g/mol. The molecule has 43 heavy (non-hydrogen) atoms. The SMILES string of the molecule is CCC(c1ccccc1)C(NC(=O)C(NC(=O)O)c1ccc(O[C@H](C)OC(C)(C)C)cc1)C(=O)Nc1ccc(Br)cc1Cl. The summed E-state index contributed by atoms with van der Waals surface area (Å²) in [6, 6.07) is 18.4. The monoisotopic (exact) mass is 673 g/mol. The van der Waals surface area contributed by atoms with E-state index in [-0.39, 0.29) is 0 Å². The lowest BCUT2D eigenvalue weighted by Gasteiger charge is -2.29. The number of carbonyl (C=O) groups excluding carboxylic acids is 2. The van der Waals surface area contributed by atoms with Crippen molar-refractivity contribution in [3.63, 3.8) is 0 Å². The van der Waals surface area contributed by atoms with Gasteiger partial charge in [0.1, 0.15) is 17.8 Å². The number of amides is 3. The zero-order valence-electron chi connectivity index (χ0n) is 24.7. The molecule has 3 aromatic rings. The van der Waals surface area contributed by atoms with Crippen LogP contribution in [-0.4, -0.2) is 40.9 Å². The third kappa shape index (κ3) is 10.3. The molecule has 0 radical (unpaired) electrons. The first-order valence-corrected chi connectivity index (χ1v) is 15.0. The van der Waals surface area contributed by atoms with E-state index in [0.717, 1.165) is 10.0 Å². The lowest BCUT2D eigenvalue weighted by atomic mass is 9.88. The molecule has 4 N–H and O–H groups in total. The van der Waals surface area contributed by atoms with E-state index >= 15 is 0 Å². The zero-order valence-corrected chi connectivity index (χ0v) is 27.0. The van der Waals surface area contributed by atoms with Gasteiger partial charge in [-0.3, -0.25) is 9.59 Å². The van der Waals surface area contributed by atoms with Crippen molar-refractivity contribution in [3.05, 3.63) is 93.4 Å². The van der Waals surface area contributed by atoms with Crippen LogP contribution < -0.4 is 20.7 Å². The number of halogens is 2. The zero-order chi connectivity index (χ0) is 31.7. The summed E-state index contributed by atoms with van der Waals surface area (Å²) in [6.45, 7) is 9.42. The van der Waals surface area contributed by atoms with Crippen molar-refractivity contribution >= 4 is 51.1 Å². The fourth-order valence-corrected chi connectivity index (χ4v) is 5.35. The number of benzene rings is 3. The Morgan fingerprint density at radius 2 is 1.58 bits per heavy atom. The van der Waals surface area contributed by atoms with E-state index in [0.29, 0.717) is 28.4 Å². The van der Waals surface area contributed by atoms with Crippen molar-refractivity contribution in [2.24, 2.45) is 0 Å². The second kappa shape index (κ2) is 15.2. The van der Waals surface area contributed by atoms with Crippen LogP contribution in [-0.2, 0) is 14.3 Å². The Balaban J connectivity index is 1.90. The topological polar surface area (TPSA) is 126 Å². The van der Waals surface area contributed by atoms with Gasteiger partial charge in [0.15, 0.2) is 6.29 Å². The summed E-state index contributed by atoms with van der Waals surface area (Å²) in [5.74, 6) is -1.14. The molecule has 0 fully saturated rings. The van der Waals surface area contributed by atoms with Crippen LogP contribution in [0.2, 0.25) is 5.02 Å². The maximum absolute atomic E-state index is 13.7. The van der Waals surface area contributed by atoms with E-state index in [4.69, 9.17) is 21.1 Å². The summed E-state index contributed by atoms with van der Waals surface area (Å²) in [7, 11) is 0. The van der Waals surface area contributed by atoms with Crippen molar-refractivity contribution in [2.75, 3.05) is 5.32 Å². The van der Waals surface area contributed by atoms with Gasteiger partial charge in [-0.1, -0.05) is 76.9 Å². The minimum Gasteiger partial charge on any atom is -0.465 e. The maximum atomic E-state index is 13.7. The van der Waals surface area contributed by atoms with Crippen LogP contribution in [0.15, 0.2) is 77.3 Å². The van der Waals surface area contributed by atoms with Crippen LogP contribution in [0.1, 0.15) is 64.1 Å². The normalized spacial score (nSPS) is 14.1. The van der Waals surface area contributed by atoms with Crippen LogP contribution >= 0.6 is 27.5 Å². The minimum absolute atomic E-state index is 0.315. The van der Waals surface area contributed by atoms with Crippen LogP contribution in [0, 0.1) is 0 Å². The molecule has 4 atom stereocenters. The van der Waals surface area contributed by atoms with Crippen molar-refractivity contribution in [2.45, 2.75) is 70.9 Å². The molecule has 0 bridgehead atoms. The maximum Gasteiger partial charge on any atom is 0.405 e. The van der Waals surface area contributed by atoms with Crippen molar-refractivity contribution < 1.29 is 29.0 Å². The van der Waals surface area contributed by atoms with Crippen molar-refractivity contribution in [1.29, 1.82) is 0 Å². The van der Waals surface area contributed by atoms with E-state index in [1.54, 1.807) is 49.4 Å². The van der Waals surface area contributed by atoms with Crippen LogP contribution in [0.4, 0.5) is 10.5 Å². The Labute approximate surface area is 265 Å². The predicted octanol–water partition coefficient (Wildman–Crippen LogP) is 7.27. The average Bonchev–Trinajstić information content (AvgIpc) is 2.93. The molecule has 0 heterocycles. The number of hydrogen-bond donors (Lipinski definition) is 4. The number of hydrogen-bond acceptors (Lipinski definition) is 5. The largest absolute Gasteiger partial charge is 0.465 e. The number of nitrogens with one attached hydrogen (secondary N) is 3. The second-order valence-electron chi connectivity index (χ2n) is 10.9. The molecule has 0 aliphatic rings. The molecular weight excluding hydrogens is 638 g/mol. The molecule has 3 unspecified atom stereocenters. The van der Waals surface area contributed by atoms with Crippen LogP contribution in [0.3, 0.4) is 0 Å². The van der Waals surface area contributed by atoms with E-state index in [1.807, 2.05) is 58.0 Å². The molecule has 11 heteroatoms. The van der Waals surface area contributed by atoms with Gasteiger partial charge < -0.3 is 30.5 Å². The van der Waals surface area contributed by atoms with Crippen LogP contribution in [0.5, 0.6) is 5.75 Å². The molecule has 0 spiro atoms. The molecule has 3 amide bonds. The molecule has 3 aromatic carbocycles. The highest BCUT2D eigenvalue weighted by Gasteiger charge is 2.34. The molecular formula is C32H37BrClN3O6. The van der Waals surface area contributed by atoms with E-state index < -0.39 is 47.8 Å². The first-order valence-electron chi connectivity index (χ1n) is 13.8. The summed E-state index contributed by atoms with van der Waals surface area (Å²) in [5.41, 5.74) is 1.16. The van der Waals surface area contributed by atoms with Crippen LogP contribution in [0.25, 0.3) is 0 Å². The standard InChI is InChI=1S/C32H37BrClN3O6/c1-6-24(20-10-8-7-9-11-20)28(30(39)35-26-17-14-22(33)18-25(26)34)36-29(38)27(37-31(40)41)21-12-15-23(16-13-21)42-19(2)43-32(3,4)5/h7-19,24,27-28,37H,6H2,1-5H3,(H,35,39)(H,36,38)(H,40,41)/t19-,24?,27?,28?/m0/s1. The second-order valence-corrected chi connectivity index (χ2v) is 12.2. The Bertz CT molecular complexity index is 1400. The minimum atomic E-state index is -1.40. The highest BCUT2D eigenvalue weighted by molar-refractivity contribution is 9.10. The molecule has 230 valence electrons. The van der Waals surface area contributed by atoms with Gasteiger partial charge in [-0.2, -0.15) is 0 Å². The first kappa shape index (κ1) is 33.9. The highest BCUT2D eigenvalue weighted by atomic mass is 79.9. The molecule has 0 aromatic heterocycles. The number of carboxylic acid groups (broad SMARTS) is 1. The summed E-state index contributed by atoms with van der Waals surface area (Å²) in [4.78, 5) is 39.2. The van der Waals surface area contributed by atoms with Crippen molar-refractivity contribution in [3.8, 4) is 5.75 Å². The van der Waals surface area contributed by atoms with Gasteiger partial charge in [-0.25, -0.2) is 4.79 Å². The molecule has 0 aliphatic heterocycles.